The Hall–Kier alpha value is -2.86. The largest absolute Gasteiger partial charge is 0.366 e. The third kappa shape index (κ3) is 5.64. The Morgan fingerprint density at radius 1 is 1.03 bits per heavy atom. The molecule has 0 saturated carbocycles. The van der Waals surface area contributed by atoms with Gasteiger partial charge in [0.1, 0.15) is 6.04 Å². The standard InChI is InChI=1S/C24H28ClN3O3/c1-15(2)21(27-23(30)19-5-3-4-18(14-19)22(26)29)24(31)28-12-10-17(11-13-28)16-6-8-20(25)9-7-16/h3-9,14-15,17,21H,10-13H2,1-2H3,(H2,26,29)(H,27,30)/t21-/m1/s1. The van der Waals surface area contributed by atoms with Crippen molar-refractivity contribution in [2.45, 2.75) is 38.6 Å². The minimum atomic E-state index is -0.642. The number of likely N-dealkylation sites (tertiary alicyclic amines) is 1. The normalized spacial score (nSPS) is 15.5. The van der Waals surface area contributed by atoms with Crippen molar-refractivity contribution < 1.29 is 14.4 Å². The Kier molecular flexibility index (Phi) is 7.33. The molecule has 164 valence electrons. The molecule has 0 spiro atoms. The van der Waals surface area contributed by atoms with Crippen LogP contribution in [0.2, 0.25) is 5.02 Å². The van der Waals surface area contributed by atoms with E-state index >= 15 is 0 Å². The smallest absolute Gasteiger partial charge is 0.251 e. The van der Waals surface area contributed by atoms with Crippen LogP contribution in [0.3, 0.4) is 0 Å². The summed E-state index contributed by atoms with van der Waals surface area (Å²) in [7, 11) is 0. The van der Waals surface area contributed by atoms with Crippen molar-refractivity contribution in [3.8, 4) is 0 Å². The van der Waals surface area contributed by atoms with Crippen molar-refractivity contribution in [1.29, 1.82) is 0 Å². The van der Waals surface area contributed by atoms with Gasteiger partial charge in [0, 0.05) is 29.2 Å². The van der Waals surface area contributed by atoms with Gasteiger partial charge in [0.15, 0.2) is 0 Å². The molecule has 3 N–H and O–H groups in total. The maximum absolute atomic E-state index is 13.2. The van der Waals surface area contributed by atoms with Gasteiger partial charge >= 0.3 is 0 Å². The number of halogens is 1. The first-order valence-electron chi connectivity index (χ1n) is 10.5. The molecule has 31 heavy (non-hydrogen) atoms. The molecule has 1 saturated heterocycles. The zero-order chi connectivity index (χ0) is 22.5. The number of rotatable bonds is 6. The molecular formula is C24H28ClN3O3. The average molecular weight is 442 g/mol. The molecule has 0 aliphatic carbocycles. The fraction of sp³-hybridized carbons (Fsp3) is 0.375. The van der Waals surface area contributed by atoms with Gasteiger partial charge in [-0.05, 0) is 60.6 Å². The zero-order valence-corrected chi connectivity index (χ0v) is 18.6. The Labute approximate surface area is 187 Å². The fourth-order valence-electron chi connectivity index (χ4n) is 3.92. The fourth-order valence-corrected chi connectivity index (χ4v) is 4.04. The summed E-state index contributed by atoms with van der Waals surface area (Å²) in [6.07, 6.45) is 1.74. The molecule has 0 aromatic heterocycles. The van der Waals surface area contributed by atoms with Crippen LogP contribution in [0.4, 0.5) is 0 Å². The molecular weight excluding hydrogens is 414 g/mol. The van der Waals surface area contributed by atoms with Gasteiger partial charge in [-0.2, -0.15) is 0 Å². The lowest BCUT2D eigenvalue weighted by Gasteiger charge is -2.35. The Morgan fingerprint density at radius 2 is 1.65 bits per heavy atom. The van der Waals surface area contributed by atoms with E-state index in [0.29, 0.717) is 29.6 Å². The first-order valence-corrected chi connectivity index (χ1v) is 10.9. The molecule has 2 aromatic carbocycles. The number of piperidine rings is 1. The van der Waals surface area contributed by atoms with Crippen molar-refractivity contribution in [1.82, 2.24) is 10.2 Å². The molecule has 3 rings (SSSR count). The van der Waals surface area contributed by atoms with Crippen molar-refractivity contribution in [3.05, 3.63) is 70.2 Å². The SMILES string of the molecule is CC(C)[C@@H](NC(=O)c1cccc(C(N)=O)c1)C(=O)N1CCC(c2ccc(Cl)cc2)CC1. The number of nitrogens with one attached hydrogen (secondary N) is 1. The highest BCUT2D eigenvalue weighted by Crippen LogP contribution is 2.29. The molecule has 1 aliphatic heterocycles. The van der Waals surface area contributed by atoms with E-state index in [1.165, 1.54) is 11.6 Å². The van der Waals surface area contributed by atoms with Crippen LogP contribution in [0, 0.1) is 5.92 Å². The van der Waals surface area contributed by atoms with Gasteiger partial charge in [0.25, 0.3) is 5.91 Å². The number of hydrogen-bond donors (Lipinski definition) is 2. The zero-order valence-electron chi connectivity index (χ0n) is 17.8. The lowest BCUT2D eigenvalue weighted by molar-refractivity contribution is -0.135. The summed E-state index contributed by atoms with van der Waals surface area (Å²) >= 11 is 5.98. The highest BCUT2D eigenvalue weighted by molar-refractivity contribution is 6.30. The van der Waals surface area contributed by atoms with Gasteiger partial charge in [-0.1, -0.05) is 43.6 Å². The number of hydrogen-bond acceptors (Lipinski definition) is 3. The predicted molar refractivity (Wildman–Crippen MR) is 121 cm³/mol. The maximum atomic E-state index is 13.2. The van der Waals surface area contributed by atoms with Crippen molar-refractivity contribution in [2.75, 3.05) is 13.1 Å². The summed E-state index contributed by atoms with van der Waals surface area (Å²) < 4.78 is 0. The van der Waals surface area contributed by atoms with Crippen LogP contribution in [0.5, 0.6) is 0 Å². The van der Waals surface area contributed by atoms with Crippen LogP contribution in [0.1, 0.15) is 58.9 Å². The van der Waals surface area contributed by atoms with E-state index in [0.717, 1.165) is 12.8 Å². The second-order valence-corrected chi connectivity index (χ2v) is 8.73. The van der Waals surface area contributed by atoms with E-state index in [2.05, 4.69) is 5.32 Å². The van der Waals surface area contributed by atoms with E-state index < -0.39 is 17.9 Å². The molecule has 7 heteroatoms. The summed E-state index contributed by atoms with van der Waals surface area (Å²) in [5.41, 5.74) is 7.09. The van der Waals surface area contributed by atoms with Gasteiger partial charge in [-0.15, -0.1) is 0 Å². The molecule has 1 heterocycles. The number of carbonyl (C=O) groups is 3. The van der Waals surface area contributed by atoms with Crippen molar-refractivity contribution in [3.63, 3.8) is 0 Å². The van der Waals surface area contributed by atoms with Gasteiger partial charge in [0.2, 0.25) is 11.8 Å². The molecule has 0 unspecified atom stereocenters. The van der Waals surface area contributed by atoms with Crippen molar-refractivity contribution >= 4 is 29.3 Å². The molecule has 1 fully saturated rings. The molecule has 6 nitrogen and oxygen atoms in total. The minimum Gasteiger partial charge on any atom is -0.366 e. The van der Waals surface area contributed by atoms with Crippen LogP contribution >= 0.6 is 11.6 Å². The lowest BCUT2D eigenvalue weighted by Crippen LogP contribution is -2.52. The van der Waals surface area contributed by atoms with Crippen LogP contribution in [-0.4, -0.2) is 41.8 Å². The Bertz CT molecular complexity index is 951. The Balaban J connectivity index is 1.64. The first-order chi connectivity index (χ1) is 14.8. The van der Waals surface area contributed by atoms with E-state index in [4.69, 9.17) is 17.3 Å². The van der Waals surface area contributed by atoms with Crippen LogP contribution < -0.4 is 11.1 Å². The number of nitrogens with two attached hydrogens (primary N) is 1. The third-order valence-corrected chi connectivity index (χ3v) is 6.03. The van der Waals surface area contributed by atoms with Crippen LogP contribution in [0.15, 0.2) is 48.5 Å². The number of amides is 3. The molecule has 0 bridgehead atoms. The number of primary amides is 1. The number of nitrogens with zero attached hydrogens (tertiary/aromatic N) is 1. The van der Waals surface area contributed by atoms with Crippen LogP contribution in [0.25, 0.3) is 0 Å². The molecule has 3 amide bonds. The Morgan fingerprint density at radius 3 is 2.23 bits per heavy atom. The number of benzene rings is 2. The first kappa shape index (κ1) is 22.8. The topological polar surface area (TPSA) is 92.5 Å². The molecule has 1 atom stereocenters. The summed E-state index contributed by atoms with van der Waals surface area (Å²) in [6.45, 7) is 5.09. The molecule has 2 aromatic rings. The molecule has 0 radical (unpaired) electrons. The van der Waals surface area contributed by atoms with Gasteiger partial charge in [0.05, 0.1) is 0 Å². The van der Waals surface area contributed by atoms with Crippen LogP contribution in [-0.2, 0) is 4.79 Å². The van der Waals surface area contributed by atoms with Gasteiger partial charge < -0.3 is 16.0 Å². The van der Waals surface area contributed by atoms with Gasteiger partial charge in [-0.3, -0.25) is 14.4 Å². The quantitative estimate of drug-likeness (QED) is 0.717. The second-order valence-electron chi connectivity index (χ2n) is 8.29. The highest BCUT2D eigenvalue weighted by Gasteiger charge is 2.31. The van der Waals surface area contributed by atoms with E-state index in [1.54, 1.807) is 18.2 Å². The van der Waals surface area contributed by atoms with E-state index in [9.17, 15) is 14.4 Å². The summed E-state index contributed by atoms with van der Waals surface area (Å²) in [4.78, 5) is 39.2. The summed E-state index contributed by atoms with van der Waals surface area (Å²) in [5, 5.41) is 3.56. The summed E-state index contributed by atoms with van der Waals surface area (Å²) in [6, 6.07) is 13.4. The van der Waals surface area contributed by atoms with E-state index in [1.807, 2.05) is 43.0 Å². The highest BCUT2D eigenvalue weighted by atomic mass is 35.5. The predicted octanol–water partition coefficient (Wildman–Crippen LogP) is 3.60. The third-order valence-electron chi connectivity index (χ3n) is 5.78. The van der Waals surface area contributed by atoms with Crippen molar-refractivity contribution in [2.24, 2.45) is 11.7 Å². The van der Waals surface area contributed by atoms with E-state index in [-0.39, 0.29) is 17.4 Å². The lowest BCUT2D eigenvalue weighted by atomic mass is 9.89. The number of carbonyl (C=O) groups excluding carboxylic acids is 3. The van der Waals surface area contributed by atoms with Gasteiger partial charge in [-0.25, -0.2) is 0 Å². The maximum Gasteiger partial charge on any atom is 0.251 e. The summed E-state index contributed by atoms with van der Waals surface area (Å²) in [5.74, 6) is -0.764. The average Bonchev–Trinajstić information content (AvgIpc) is 2.77. The monoisotopic (exact) mass is 441 g/mol. The second kappa shape index (κ2) is 9.96. The molecule has 1 aliphatic rings. The minimum absolute atomic E-state index is 0.0789.